The number of hydrogen-bond acceptors (Lipinski definition) is 5. The van der Waals surface area contributed by atoms with Crippen LogP contribution in [0.15, 0.2) is 18.2 Å². The number of ether oxygens (including phenoxy) is 3. The van der Waals surface area contributed by atoms with Crippen molar-refractivity contribution in [1.82, 2.24) is 5.06 Å². The number of rotatable bonds is 7. The molecule has 1 saturated heterocycles. The van der Waals surface area contributed by atoms with E-state index < -0.39 is 11.7 Å². The van der Waals surface area contributed by atoms with Crippen molar-refractivity contribution in [2.75, 3.05) is 20.4 Å². The number of hydrogen-bond donors (Lipinski definition) is 1. The molecule has 0 aromatic heterocycles. The molecule has 1 aromatic carbocycles. The molecule has 2 atom stereocenters. The van der Waals surface area contributed by atoms with Gasteiger partial charge >= 0.3 is 6.18 Å². The van der Waals surface area contributed by atoms with E-state index in [4.69, 9.17) is 14.2 Å². The molecule has 0 spiro atoms. The van der Waals surface area contributed by atoms with Crippen LogP contribution in [-0.2, 0) is 10.9 Å². The third-order valence-electron chi connectivity index (χ3n) is 4.16. The maximum absolute atomic E-state index is 12.9. The summed E-state index contributed by atoms with van der Waals surface area (Å²) in [7, 11) is 1.39. The maximum atomic E-state index is 12.9. The SMILES string of the molecule is CCC[C@H]1C[C@@H](Oc2ccc(C(F)(F)F)cc2OCOC)CCN1O. The van der Waals surface area contributed by atoms with Gasteiger partial charge < -0.3 is 19.4 Å². The highest BCUT2D eigenvalue weighted by Gasteiger charge is 2.33. The van der Waals surface area contributed by atoms with Crippen LogP contribution in [0, 0.1) is 0 Å². The van der Waals surface area contributed by atoms with Gasteiger partial charge in [-0.2, -0.15) is 18.2 Å². The van der Waals surface area contributed by atoms with Crippen LogP contribution in [-0.4, -0.2) is 42.9 Å². The van der Waals surface area contributed by atoms with Gasteiger partial charge in [-0.25, -0.2) is 0 Å². The van der Waals surface area contributed by atoms with E-state index in [2.05, 4.69) is 0 Å². The molecule has 1 aliphatic heterocycles. The summed E-state index contributed by atoms with van der Waals surface area (Å²) in [5, 5.41) is 11.2. The van der Waals surface area contributed by atoms with Gasteiger partial charge in [-0.3, -0.25) is 0 Å². The molecule has 0 saturated carbocycles. The molecule has 142 valence electrons. The van der Waals surface area contributed by atoms with Gasteiger partial charge in [0.05, 0.1) is 5.56 Å². The average Bonchev–Trinajstić information content (AvgIpc) is 2.56. The van der Waals surface area contributed by atoms with E-state index in [1.807, 2.05) is 6.92 Å². The van der Waals surface area contributed by atoms with Crippen LogP contribution in [0.25, 0.3) is 0 Å². The minimum atomic E-state index is -4.46. The van der Waals surface area contributed by atoms with Gasteiger partial charge in [-0.1, -0.05) is 13.3 Å². The zero-order valence-corrected chi connectivity index (χ0v) is 14.4. The molecule has 0 aliphatic carbocycles. The van der Waals surface area contributed by atoms with Crippen LogP contribution in [0.2, 0.25) is 0 Å². The molecule has 0 unspecified atom stereocenters. The third-order valence-corrected chi connectivity index (χ3v) is 4.16. The molecular weight excluding hydrogens is 339 g/mol. The molecule has 8 heteroatoms. The van der Waals surface area contributed by atoms with Crippen molar-refractivity contribution in [3.05, 3.63) is 23.8 Å². The summed E-state index contributed by atoms with van der Waals surface area (Å²) in [4.78, 5) is 0. The molecule has 0 radical (unpaired) electrons. The molecule has 0 bridgehead atoms. The van der Waals surface area contributed by atoms with E-state index in [9.17, 15) is 18.4 Å². The Morgan fingerprint density at radius 1 is 1.28 bits per heavy atom. The van der Waals surface area contributed by atoms with Gasteiger partial charge in [-0.15, -0.1) is 0 Å². The molecule has 1 aliphatic rings. The second-order valence-corrected chi connectivity index (χ2v) is 6.08. The molecule has 25 heavy (non-hydrogen) atoms. The lowest BCUT2D eigenvalue weighted by atomic mass is 9.97. The van der Waals surface area contributed by atoms with E-state index in [1.165, 1.54) is 18.2 Å². The standard InChI is InChI=1S/C17H24F3NO4/c1-3-4-13-10-14(7-8-21(13)22)25-15-6-5-12(17(18,19)20)9-16(15)24-11-23-2/h5-6,9,13-14,22H,3-4,7-8,10-11H2,1-2H3/t13-,14-/m0/s1. The topological polar surface area (TPSA) is 51.2 Å². The van der Waals surface area contributed by atoms with Gasteiger partial charge in [0.1, 0.15) is 6.10 Å². The summed E-state index contributed by atoms with van der Waals surface area (Å²) in [6.07, 6.45) is -1.70. The number of halogens is 3. The maximum Gasteiger partial charge on any atom is 0.416 e. The Labute approximate surface area is 145 Å². The highest BCUT2D eigenvalue weighted by Crippen LogP contribution is 2.37. The lowest BCUT2D eigenvalue weighted by Gasteiger charge is -2.35. The molecule has 0 amide bonds. The largest absolute Gasteiger partial charge is 0.486 e. The van der Waals surface area contributed by atoms with Crippen molar-refractivity contribution in [1.29, 1.82) is 0 Å². The van der Waals surface area contributed by atoms with Gasteiger partial charge in [-0.05, 0) is 31.0 Å². The lowest BCUT2D eigenvalue weighted by Crippen LogP contribution is -2.43. The monoisotopic (exact) mass is 363 g/mol. The van der Waals surface area contributed by atoms with Crippen molar-refractivity contribution < 1.29 is 32.6 Å². The van der Waals surface area contributed by atoms with Crippen molar-refractivity contribution in [3.8, 4) is 11.5 Å². The summed E-state index contributed by atoms with van der Waals surface area (Å²) in [6, 6.07) is 3.15. The molecule has 5 nitrogen and oxygen atoms in total. The van der Waals surface area contributed by atoms with Crippen LogP contribution in [0.1, 0.15) is 38.2 Å². The summed E-state index contributed by atoms with van der Waals surface area (Å²) in [5.74, 6) is 0.242. The van der Waals surface area contributed by atoms with Gasteiger partial charge in [0, 0.05) is 26.1 Å². The first kappa shape index (κ1) is 19.8. The predicted molar refractivity (Wildman–Crippen MR) is 84.8 cm³/mol. The molecule has 1 heterocycles. The Bertz CT molecular complexity index is 553. The average molecular weight is 363 g/mol. The van der Waals surface area contributed by atoms with Gasteiger partial charge in [0.2, 0.25) is 0 Å². The fraction of sp³-hybridized carbons (Fsp3) is 0.647. The summed E-state index contributed by atoms with van der Waals surface area (Å²) in [5.41, 5.74) is -0.806. The van der Waals surface area contributed by atoms with Crippen LogP contribution in [0.5, 0.6) is 11.5 Å². The number of methoxy groups -OCH3 is 1. The smallest absolute Gasteiger partial charge is 0.416 e. The van der Waals surface area contributed by atoms with E-state index in [0.29, 0.717) is 19.4 Å². The number of hydroxylamine groups is 2. The predicted octanol–water partition coefficient (Wildman–Crippen LogP) is 4.09. The van der Waals surface area contributed by atoms with E-state index >= 15 is 0 Å². The summed E-state index contributed by atoms with van der Waals surface area (Å²) in [6.45, 7) is 2.32. The second-order valence-electron chi connectivity index (χ2n) is 6.08. The van der Waals surface area contributed by atoms with Gasteiger partial charge in [0.25, 0.3) is 0 Å². The zero-order chi connectivity index (χ0) is 18.4. The van der Waals surface area contributed by atoms with E-state index in [-0.39, 0.29) is 30.4 Å². The Morgan fingerprint density at radius 3 is 2.68 bits per heavy atom. The first-order valence-corrected chi connectivity index (χ1v) is 8.30. The Balaban J connectivity index is 2.14. The first-order chi connectivity index (χ1) is 11.8. The summed E-state index contributed by atoms with van der Waals surface area (Å²) < 4.78 is 54.6. The number of alkyl halides is 3. The molecule has 1 N–H and O–H groups in total. The van der Waals surface area contributed by atoms with Gasteiger partial charge in [0.15, 0.2) is 18.3 Å². The Hall–Kier alpha value is -1.51. The van der Waals surface area contributed by atoms with Crippen LogP contribution in [0.3, 0.4) is 0 Å². The minimum Gasteiger partial charge on any atom is -0.486 e. The summed E-state index contributed by atoms with van der Waals surface area (Å²) >= 11 is 0. The zero-order valence-electron chi connectivity index (χ0n) is 14.4. The molecule has 2 rings (SSSR count). The number of benzene rings is 1. The van der Waals surface area contributed by atoms with Crippen molar-refractivity contribution >= 4 is 0 Å². The quantitative estimate of drug-likeness (QED) is 0.740. The fourth-order valence-corrected chi connectivity index (χ4v) is 2.91. The van der Waals surface area contributed by atoms with Crippen LogP contribution < -0.4 is 9.47 Å². The fourth-order valence-electron chi connectivity index (χ4n) is 2.91. The van der Waals surface area contributed by atoms with Crippen LogP contribution in [0.4, 0.5) is 13.2 Å². The van der Waals surface area contributed by atoms with E-state index in [1.54, 1.807) is 0 Å². The molecule has 1 fully saturated rings. The second kappa shape index (κ2) is 8.73. The molecule has 1 aromatic rings. The molecular formula is C17H24F3NO4. The third kappa shape index (κ3) is 5.49. The van der Waals surface area contributed by atoms with Crippen molar-refractivity contribution in [3.63, 3.8) is 0 Å². The normalized spacial score (nSPS) is 22.0. The van der Waals surface area contributed by atoms with Crippen molar-refractivity contribution in [2.45, 2.75) is 50.9 Å². The number of nitrogens with zero attached hydrogens (tertiary/aromatic N) is 1. The van der Waals surface area contributed by atoms with E-state index in [0.717, 1.165) is 25.0 Å². The highest BCUT2D eigenvalue weighted by atomic mass is 19.4. The minimum absolute atomic E-state index is 0.00450. The van der Waals surface area contributed by atoms with Crippen LogP contribution >= 0.6 is 0 Å². The van der Waals surface area contributed by atoms with Crippen molar-refractivity contribution in [2.24, 2.45) is 0 Å². The Morgan fingerprint density at radius 2 is 2.04 bits per heavy atom. The first-order valence-electron chi connectivity index (χ1n) is 8.30. The Kier molecular flexibility index (Phi) is 6.92. The number of piperidine rings is 1. The lowest BCUT2D eigenvalue weighted by molar-refractivity contribution is -0.158. The highest BCUT2D eigenvalue weighted by molar-refractivity contribution is 5.44.